The molecule has 0 aliphatic carbocycles. The fourth-order valence-corrected chi connectivity index (χ4v) is 9.35. The highest BCUT2D eigenvalue weighted by Gasteiger charge is 2.50. The average molecular weight is 1040 g/mol. The van der Waals surface area contributed by atoms with Crippen LogP contribution in [0.15, 0.2) is 24.3 Å². The molecule has 6 unspecified atom stereocenters. The Morgan fingerprint density at radius 3 is 1.29 bits per heavy atom. The highest BCUT2D eigenvalue weighted by molar-refractivity contribution is 5.74. The number of hydrogen-bond acceptors (Lipinski definition) is 11. The summed E-state index contributed by atoms with van der Waals surface area (Å²) in [5.41, 5.74) is 0. The first kappa shape index (κ1) is 68.2. The van der Waals surface area contributed by atoms with Gasteiger partial charge in [0.2, 0.25) is 0 Å². The molecule has 12 nitrogen and oxygen atoms in total. The summed E-state index contributed by atoms with van der Waals surface area (Å²) in [6.07, 6.45) is 44.4. The molecule has 0 aromatic carbocycles. The minimum Gasteiger partial charge on any atom is -0.479 e. The molecular weight excluding hydrogens is 925 g/mol. The van der Waals surface area contributed by atoms with Crippen LogP contribution < -0.4 is 0 Å². The lowest BCUT2D eigenvalue weighted by Crippen LogP contribution is -2.61. The van der Waals surface area contributed by atoms with Gasteiger partial charge in [0, 0.05) is 19.3 Å². The van der Waals surface area contributed by atoms with Crippen molar-refractivity contribution in [1.29, 1.82) is 0 Å². The molecule has 6 atom stereocenters. The van der Waals surface area contributed by atoms with Crippen molar-refractivity contribution in [2.75, 3.05) is 13.2 Å². The van der Waals surface area contributed by atoms with E-state index >= 15 is 0 Å². The Morgan fingerprint density at radius 1 is 0.452 bits per heavy atom. The van der Waals surface area contributed by atoms with Gasteiger partial charge in [-0.3, -0.25) is 14.4 Å². The second kappa shape index (κ2) is 50.0. The van der Waals surface area contributed by atoms with Crippen molar-refractivity contribution in [3.8, 4) is 0 Å². The van der Waals surface area contributed by atoms with E-state index in [1.54, 1.807) is 0 Å². The molecule has 1 saturated heterocycles. The number of carbonyl (C=O) groups is 4. The van der Waals surface area contributed by atoms with E-state index in [0.29, 0.717) is 19.3 Å². The molecule has 426 valence electrons. The lowest BCUT2D eigenvalue weighted by Gasteiger charge is -2.40. The molecule has 1 fully saturated rings. The van der Waals surface area contributed by atoms with E-state index in [-0.39, 0.29) is 25.9 Å². The zero-order chi connectivity index (χ0) is 53.3. The topological polar surface area (TPSA) is 175 Å². The monoisotopic (exact) mass is 1030 g/mol. The first-order valence-corrected chi connectivity index (χ1v) is 30.3. The molecule has 73 heavy (non-hydrogen) atoms. The summed E-state index contributed by atoms with van der Waals surface area (Å²) in [5, 5.41) is 31.4. The van der Waals surface area contributed by atoms with Crippen molar-refractivity contribution in [3.63, 3.8) is 0 Å². The minimum absolute atomic E-state index is 0.0646. The van der Waals surface area contributed by atoms with Crippen LogP contribution in [0.3, 0.4) is 0 Å². The largest absolute Gasteiger partial charge is 0.479 e. The van der Waals surface area contributed by atoms with Gasteiger partial charge in [-0.05, 0) is 44.9 Å². The third-order valence-corrected chi connectivity index (χ3v) is 14.0. The highest BCUT2D eigenvalue weighted by Crippen LogP contribution is 2.27. The van der Waals surface area contributed by atoms with Gasteiger partial charge in [-0.25, -0.2) is 4.79 Å². The average Bonchev–Trinajstić information content (AvgIpc) is 3.37. The first-order chi connectivity index (χ1) is 35.6. The summed E-state index contributed by atoms with van der Waals surface area (Å²) in [5.74, 6) is -3.11. The Hall–Kier alpha value is -2.80. The number of esters is 3. The van der Waals surface area contributed by atoms with Crippen LogP contribution in [0.25, 0.3) is 0 Å². The summed E-state index contributed by atoms with van der Waals surface area (Å²) in [6, 6.07) is 0. The number of allylic oxidation sites excluding steroid dienone is 4. The van der Waals surface area contributed by atoms with E-state index < -0.39 is 67.3 Å². The van der Waals surface area contributed by atoms with E-state index in [1.807, 2.05) is 0 Å². The molecule has 0 aromatic heterocycles. The summed E-state index contributed by atoms with van der Waals surface area (Å²) >= 11 is 0. The normalized spacial score (nSPS) is 18.4. The molecule has 0 amide bonds. The first-order valence-electron chi connectivity index (χ1n) is 30.3. The van der Waals surface area contributed by atoms with Crippen molar-refractivity contribution < 1.29 is 58.2 Å². The lowest BCUT2D eigenvalue weighted by atomic mass is 9.98. The van der Waals surface area contributed by atoms with Crippen LogP contribution in [0.4, 0.5) is 0 Å². The molecule has 1 rings (SSSR count). The second-order valence-corrected chi connectivity index (χ2v) is 21.0. The van der Waals surface area contributed by atoms with E-state index in [4.69, 9.17) is 23.7 Å². The van der Waals surface area contributed by atoms with Crippen LogP contribution in [0.5, 0.6) is 0 Å². The zero-order valence-electron chi connectivity index (χ0n) is 46.9. The number of rotatable bonds is 52. The van der Waals surface area contributed by atoms with Crippen molar-refractivity contribution >= 4 is 23.9 Å². The van der Waals surface area contributed by atoms with Gasteiger partial charge in [-0.1, -0.05) is 251 Å². The van der Waals surface area contributed by atoms with Crippen LogP contribution in [-0.4, -0.2) is 89.2 Å². The third kappa shape index (κ3) is 40.2. The number of carbonyl (C=O) groups excluding carboxylic acids is 3. The molecule has 12 heteroatoms. The summed E-state index contributed by atoms with van der Waals surface area (Å²) in [6.45, 7) is 5.93. The maximum atomic E-state index is 13.1. The summed E-state index contributed by atoms with van der Waals surface area (Å²) in [4.78, 5) is 51.1. The van der Waals surface area contributed by atoms with Gasteiger partial charge in [0.05, 0.1) is 6.61 Å². The van der Waals surface area contributed by atoms with Crippen LogP contribution in [0.2, 0.25) is 0 Å². The van der Waals surface area contributed by atoms with E-state index in [1.165, 1.54) is 135 Å². The van der Waals surface area contributed by atoms with Crippen LogP contribution >= 0.6 is 0 Å². The smallest absolute Gasteiger partial charge is 0.335 e. The van der Waals surface area contributed by atoms with Crippen molar-refractivity contribution in [3.05, 3.63) is 24.3 Å². The molecule has 0 spiro atoms. The predicted molar refractivity (Wildman–Crippen MR) is 294 cm³/mol. The van der Waals surface area contributed by atoms with Gasteiger partial charge in [-0.15, -0.1) is 0 Å². The van der Waals surface area contributed by atoms with Gasteiger partial charge >= 0.3 is 23.9 Å². The number of aliphatic hydroxyl groups is 2. The highest BCUT2D eigenvalue weighted by atomic mass is 16.7. The molecule has 0 bridgehead atoms. The van der Waals surface area contributed by atoms with Crippen molar-refractivity contribution in [2.24, 2.45) is 0 Å². The van der Waals surface area contributed by atoms with Gasteiger partial charge in [0.15, 0.2) is 24.6 Å². The fourth-order valence-electron chi connectivity index (χ4n) is 9.35. The van der Waals surface area contributed by atoms with Crippen molar-refractivity contribution in [2.45, 2.75) is 327 Å². The second-order valence-electron chi connectivity index (χ2n) is 21.0. The van der Waals surface area contributed by atoms with Crippen molar-refractivity contribution in [1.82, 2.24) is 0 Å². The predicted octanol–water partition coefficient (Wildman–Crippen LogP) is 15.5. The minimum atomic E-state index is -1.90. The number of aliphatic hydroxyl groups excluding tert-OH is 2. The molecular formula is C61H110O12. The fraction of sp³-hybridized carbons (Fsp3) is 0.869. The van der Waals surface area contributed by atoms with Gasteiger partial charge in [0.1, 0.15) is 18.8 Å². The van der Waals surface area contributed by atoms with E-state index in [2.05, 4.69) is 45.1 Å². The lowest BCUT2D eigenvalue weighted by molar-refractivity contribution is -0.301. The SMILES string of the molecule is CCC/C=C\C/C=C\CCCCCCCC(=O)OC(COC(=O)CCCCCCCCCCCCCCCCCCCCC)COC1OC(C(=O)O)C(O)C(O)C1OC(=O)CCCCCCCCCCCCC. The van der Waals surface area contributed by atoms with Crippen LogP contribution in [-0.2, 0) is 42.9 Å². The number of carboxylic acids is 1. The maximum absolute atomic E-state index is 13.1. The third-order valence-electron chi connectivity index (χ3n) is 14.0. The Bertz CT molecular complexity index is 1370. The van der Waals surface area contributed by atoms with Crippen LogP contribution in [0, 0.1) is 0 Å². The summed E-state index contributed by atoms with van der Waals surface area (Å²) < 4.78 is 28.4. The molecule has 3 N–H and O–H groups in total. The molecule has 0 aromatic rings. The Balaban J connectivity index is 2.64. The van der Waals surface area contributed by atoms with Gasteiger partial charge in [-0.2, -0.15) is 0 Å². The maximum Gasteiger partial charge on any atom is 0.335 e. The Kier molecular flexibility index (Phi) is 46.8. The number of aliphatic carboxylic acids is 1. The molecule has 0 saturated carbocycles. The van der Waals surface area contributed by atoms with Gasteiger partial charge < -0.3 is 39.0 Å². The molecule has 0 radical (unpaired) electrons. The summed E-state index contributed by atoms with van der Waals surface area (Å²) in [7, 11) is 0. The molecule has 1 heterocycles. The van der Waals surface area contributed by atoms with E-state index in [0.717, 1.165) is 96.3 Å². The number of ether oxygens (including phenoxy) is 5. The zero-order valence-corrected chi connectivity index (χ0v) is 46.9. The standard InChI is InChI=1S/C61H110O12/c1-4-7-10-13-16-19-22-24-25-26-27-28-29-31-33-35-38-41-44-47-53(62)69-50-52(71-54(63)48-45-42-39-37-34-30-23-20-17-14-11-8-5-2)51-70-61-59(57(66)56(65)58(73-61)60(67)68)72-55(64)49-46-43-40-36-32-21-18-15-12-9-6-3/h11,14,20,23,52,56-59,61,65-66H,4-10,12-13,15-19,21-22,24-51H2,1-3H3,(H,67,68)/b14-11-,23-20-. The van der Waals surface area contributed by atoms with E-state index in [9.17, 15) is 34.5 Å². The molecule has 1 aliphatic rings. The quantitative estimate of drug-likeness (QED) is 0.0228. The van der Waals surface area contributed by atoms with Crippen LogP contribution in [0.1, 0.15) is 290 Å². The Labute approximate surface area is 445 Å². The number of unbranched alkanes of at least 4 members (excludes halogenated alkanes) is 34. The number of hydrogen-bond donors (Lipinski definition) is 3. The number of carboxylic acid groups (broad SMARTS) is 1. The van der Waals surface area contributed by atoms with Gasteiger partial charge in [0.25, 0.3) is 0 Å². The molecule has 1 aliphatic heterocycles. The Morgan fingerprint density at radius 2 is 0.849 bits per heavy atom.